The molecule has 1 aromatic heterocycles. The van der Waals surface area contributed by atoms with Gasteiger partial charge in [0.05, 0.1) is 12.7 Å². The van der Waals surface area contributed by atoms with E-state index in [1.54, 1.807) is 0 Å². The lowest BCUT2D eigenvalue weighted by atomic mass is 10.1. The first-order valence-electron chi connectivity index (χ1n) is 9.30. The fraction of sp³-hybridized carbons (Fsp3) is 0.500. The molecular weight excluding hydrogens is 367 g/mol. The highest BCUT2D eigenvalue weighted by Gasteiger charge is 2.23. The smallest absolute Gasteiger partial charge is 0.333 e. The van der Waals surface area contributed by atoms with E-state index in [2.05, 4.69) is 0 Å². The molecule has 2 aromatic rings. The number of aliphatic hydroxyl groups excluding tert-OH is 1. The van der Waals surface area contributed by atoms with Crippen molar-refractivity contribution in [1.82, 2.24) is 9.13 Å². The van der Waals surface area contributed by atoms with Gasteiger partial charge in [-0.15, -0.1) is 0 Å². The minimum absolute atomic E-state index is 0.131. The third-order valence-corrected chi connectivity index (χ3v) is 5.06. The normalized spacial score (nSPS) is 17.7. The van der Waals surface area contributed by atoms with Crippen LogP contribution in [0, 0.1) is 26.6 Å². The van der Waals surface area contributed by atoms with Crippen LogP contribution < -0.4 is 16.0 Å². The van der Waals surface area contributed by atoms with Crippen LogP contribution in [-0.4, -0.2) is 33.6 Å². The average Bonchev–Trinajstić information content (AvgIpc) is 3.19. The lowest BCUT2D eigenvalue weighted by molar-refractivity contribution is 0.0476. The van der Waals surface area contributed by atoms with Crippen LogP contribution in [-0.2, 0) is 11.3 Å². The molecule has 0 aliphatic carbocycles. The van der Waals surface area contributed by atoms with Gasteiger partial charge in [-0.1, -0.05) is 12.1 Å². The molecule has 3 rings (SSSR count). The van der Waals surface area contributed by atoms with Crippen LogP contribution in [0.4, 0.5) is 4.39 Å². The summed E-state index contributed by atoms with van der Waals surface area (Å²) < 4.78 is 27.0. The third-order valence-electron chi connectivity index (χ3n) is 5.06. The van der Waals surface area contributed by atoms with Gasteiger partial charge in [-0.2, -0.15) is 4.39 Å². The first-order chi connectivity index (χ1) is 13.3. The summed E-state index contributed by atoms with van der Waals surface area (Å²) in [6.45, 7) is 5.74. The monoisotopic (exact) mass is 392 g/mol. The van der Waals surface area contributed by atoms with Crippen LogP contribution in [0.5, 0.6) is 5.75 Å². The Kier molecular flexibility index (Phi) is 6.00. The zero-order valence-corrected chi connectivity index (χ0v) is 16.3. The largest absolute Gasteiger partial charge is 0.490 e. The zero-order chi connectivity index (χ0) is 20.4. The zero-order valence-electron chi connectivity index (χ0n) is 16.3. The number of ether oxygens (including phenoxy) is 2. The molecule has 0 bridgehead atoms. The van der Waals surface area contributed by atoms with Crippen molar-refractivity contribution in [3.63, 3.8) is 0 Å². The maximum absolute atomic E-state index is 14.1. The molecule has 8 heteroatoms. The Balaban J connectivity index is 1.79. The minimum Gasteiger partial charge on any atom is -0.490 e. The van der Waals surface area contributed by atoms with Gasteiger partial charge in [-0.25, -0.2) is 4.79 Å². The molecule has 1 saturated heterocycles. The van der Waals surface area contributed by atoms with E-state index >= 15 is 0 Å². The fourth-order valence-electron chi connectivity index (χ4n) is 3.33. The Morgan fingerprint density at radius 1 is 1.29 bits per heavy atom. The second-order valence-corrected chi connectivity index (χ2v) is 7.17. The molecular formula is C20H25FN2O5. The van der Waals surface area contributed by atoms with Gasteiger partial charge in [0.15, 0.2) is 0 Å². The van der Waals surface area contributed by atoms with Gasteiger partial charge in [0.2, 0.25) is 5.82 Å². The third kappa shape index (κ3) is 4.02. The predicted molar refractivity (Wildman–Crippen MR) is 101 cm³/mol. The molecule has 0 spiro atoms. The average molecular weight is 392 g/mol. The van der Waals surface area contributed by atoms with Gasteiger partial charge in [0.1, 0.15) is 24.7 Å². The Morgan fingerprint density at radius 3 is 2.68 bits per heavy atom. The molecule has 2 atom stereocenters. The highest BCUT2D eigenvalue weighted by atomic mass is 19.1. The quantitative estimate of drug-likeness (QED) is 0.811. The maximum Gasteiger partial charge on any atom is 0.333 e. The van der Waals surface area contributed by atoms with Crippen molar-refractivity contribution in [2.24, 2.45) is 0 Å². The first-order valence-corrected chi connectivity index (χ1v) is 9.30. The first kappa shape index (κ1) is 20.3. The van der Waals surface area contributed by atoms with Gasteiger partial charge in [0, 0.05) is 6.61 Å². The van der Waals surface area contributed by atoms with E-state index in [9.17, 15) is 19.1 Å². The summed E-state index contributed by atoms with van der Waals surface area (Å²) in [6, 6.07) is 3.90. The Bertz CT molecular complexity index is 976. The van der Waals surface area contributed by atoms with E-state index in [1.807, 2.05) is 32.9 Å². The van der Waals surface area contributed by atoms with Crippen LogP contribution in [0.3, 0.4) is 0 Å². The van der Waals surface area contributed by atoms with Gasteiger partial charge >= 0.3 is 5.69 Å². The highest BCUT2D eigenvalue weighted by molar-refractivity contribution is 5.44. The minimum atomic E-state index is -1.16. The predicted octanol–water partition coefficient (Wildman–Crippen LogP) is 1.82. The topological polar surface area (TPSA) is 82.7 Å². The summed E-state index contributed by atoms with van der Waals surface area (Å²) in [5.74, 6) is -0.406. The van der Waals surface area contributed by atoms with Gasteiger partial charge < -0.3 is 14.6 Å². The van der Waals surface area contributed by atoms with Crippen LogP contribution in [0.25, 0.3) is 0 Å². The van der Waals surface area contributed by atoms with Crippen molar-refractivity contribution in [2.75, 3.05) is 13.2 Å². The summed E-state index contributed by atoms with van der Waals surface area (Å²) in [6.07, 6.45) is 0.433. The van der Waals surface area contributed by atoms with Crippen molar-refractivity contribution >= 4 is 0 Å². The van der Waals surface area contributed by atoms with Crippen molar-refractivity contribution in [3.05, 3.63) is 61.7 Å². The standard InChI is InChI=1S/C20H25FN2O5/c1-12-6-7-13(2)18(14(12)3)28-11-15(24)9-23-19(25)16(21)10-22(20(23)26)17-5-4-8-27-17/h6-7,10,15,17,24H,4-5,8-9,11H2,1-3H3/t15-,17-/m0/s1. The number of hydrogen-bond donors (Lipinski definition) is 1. The SMILES string of the molecule is Cc1ccc(C)c(OC[C@@H](O)Cn2c(=O)c(F)cn([C@@H]3CCCO3)c2=O)c1C. The number of aromatic nitrogens is 2. The molecule has 1 aromatic carbocycles. The van der Waals surface area contributed by atoms with Crippen LogP contribution in [0.2, 0.25) is 0 Å². The van der Waals surface area contributed by atoms with E-state index < -0.39 is 29.4 Å². The molecule has 0 amide bonds. The lowest BCUT2D eigenvalue weighted by Gasteiger charge is -2.19. The number of aliphatic hydroxyl groups is 1. The summed E-state index contributed by atoms with van der Waals surface area (Å²) in [4.78, 5) is 24.7. The van der Waals surface area contributed by atoms with Crippen molar-refractivity contribution in [2.45, 2.75) is 52.5 Å². The van der Waals surface area contributed by atoms with Gasteiger partial charge in [0.25, 0.3) is 5.56 Å². The Hall–Kier alpha value is -2.45. The Labute approximate surface area is 162 Å². The second kappa shape index (κ2) is 8.28. The molecule has 2 heterocycles. The summed E-state index contributed by atoms with van der Waals surface area (Å²) in [5.41, 5.74) is 1.15. The number of aryl methyl sites for hydroxylation is 2. The van der Waals surface area contributed by atoms with E-state index in [1.165, 1.54) is 0 Å². The van der Waals surface area contributed by atoms with Crippen molar-refractivity contribution < 1.29 is 19.0 Å². The molecule has 152 valence electrons. The Morgan fingerprint density at radius 2 is 2.00 bits per heavy atom. The molecule has 1 aliphatic heterocycles. The lowest BCUT2D eigenvalue weighted by Crippen LogP contribution is -2.45. The number of hydrogen-bond acceptors (Lipinski definition) is 5. The van der Waals surface area contributed by atoms with E-state index in [0.717, 1.165) is 33.9 Å². The molecule has 28 heavy (non-hydrogen) atoms. The van der Waals surface area contributed by atoms with Crippen LogP contribution in [0.15, 0.2) is 27.9 Å². The number of halogens is 1. The van der Waals surface area contributed by atoms with E-state index in [0.29, 0.717) is 23.3 Å². The molecule has 1 fully saturated rings. The number of nitrogens with zero attached hydrogens (tertiary/aromatic N) is 2. The van der Waals surface area contributed by atoms with Crippen molar-refractivity contribution in [1.29, 1.82) is 0 Å². The van der Waals surface area contributed by atoms with Crippen molar-refractivity contribution in [3.8, 4) is 5.75 Å². The van der Waals surface area contributed by atoms with Gasteiger partial charge in [-0.05, 0) is 50.3 Å². The molecule has 0 unspecified atom stereocenters. The molecule has 1 N–H and O–H groups in total. The summed E-state index contributed by atoms with van der Waals surface area (Å²) in [7, 11) is 0. The molecule has 7 nitrogen and oxygen atoms in total. The maximum atomic E-state index is 14.1. The molecule has 1 aliphatic rings. The van der Waals surface area contributed by atoms with E-state index in [-0.39, 0.29) is 13.2 Å². The van der Waals surface area contributed by atoms with Crippen LogP contribution in [0.1, 0.15) is 35.8 Å². The number of rotatable bonds is 6. The summed E-state index contributed by atoms with van der Waals surface area (Å²) >= 11 is 0. The highest BCUT2D eigenvalue weighted by Crippen LogP contribution is 2.26. The number of benzene rings is 1. The van der Waals surface area contributed by atoms with E-state index in [4.69, 9.17) is 9.47 Å². The molecule has 0 saturated carbocycles. The van der Waals surface area contributed by atoms with Crippen LogP contribution >= 0.6 is 0 Å². The molecule has 0 radical (unpaired) electrons. The fourth-order valence-corrected chi connectivity index (χ4v) is 3.33. The van der Waals surface area contributed by atoms with Gasteiger partial charge in [-0.3, -0.25) is 13.9 Å². The second-order valence-electron chi connectivity index (χ2n) is 7.17. The summed E-state index contributed by atoms with van der Waals surface area (Å²) in [5, 5.41) is 10.3.